The van der Waals surface area contributed by atoms with Crippen molar-refractivity contribution in [1.29, 1.82) is 0 Å². The van der Waals surface area contributed by atoms with Gasteiger partial charge in [-0.2, -0.15) is 0 Å². The van der Waals surface area contributed by atoms with Crippen molar-refractivity contribution in [2.45, 2.75) is 117 Å². The number of rotatable bonds is 15. The maximum atomic E-state index is 2.41. The molecule has 1 aromatic carbocycles. The van der Waals surface area contributed by atoms with Crippen LogP contribution in [0.5, 0.6) is 0 Å². The van der Waals surface area contributed by atoms with E-state index in [1.165, 1.54) is 96.3 Å². The van der Waals surface area contributed by atoms with Crippen LogP contribution in [0.3, 0.4) is 0 Å². The minimum Gasteiger partial charge on any atom is -0.0654 e. The highest BCUT2D eigenvalue weighted by atomic mass is 14.1. The molecule has 138 valence electrons. The van der Waals surface area contributed by atoms with Gasteiger partial charge in [0.25, 0.3) is 0 Å². The molecule has 0 spiro atoms. The molecule has 0 aliphatic heterocycles. The molecule has 0 heteroatoms. The zero-order valence-corrected chi connectivity index (χ0v) is 16.8. The Morgan fingerprint density at radius 2 is 0.958 bits per heavy atom. The van der Waals surface area contributed by atoms with Gasteiger partial charge in [0.15, 0.2) is 0 Å². The highest BCUT2D eigenvalue weighted by Gasteiger charge is 2.08. The van der Waals surface area contributed by atoms with Crippen LogP contribution >= 0.6 is 0 Å². The fourth-order valence-corrected chi connectivity index (χ4v) is 3.67. The fourth-order valence-electron chi connectivity index (χ4n) is 3.67. The summed E-state index contributed by atoms with van der Waals surface area (Å²) in [5.41, 5.74) is 5.03. The van der Waals surface area contributed by atoms with Crippen LogP contribution in [-0.2, 0) is 19.3 Å². The van der Waals surface area contributed by atoms with Crippen LogP contribution in [0.15, 0.2) is 18.2 Å². The number of hydrogen-bond acceptors (Lipinski definition) is 0. The Bertz CT molecular complexity index is 372. The molecule has 0 radical (unpaired) electrons. The number of unbranched alkanes of at least 4 members (excludes halogenated alkanes) is 9. The van der Waals surface area contributed by atoms with Gasteiger partial charge in [-0.05, 0) is 55.2 Å². The maximum Gasteiger partial charge on any atom is -0.0274 e. The SMILES string of the molecule is CCCCCCCc1cccc(CCCCCCC)c1CCCC. The molecule has 0 atom stereocenters. The van der Waals surface area contributed by atoms with Crippen molar-refractivity contribution < 1.29 is 0 Å². The van der Waals surface area contributed by atoms with Gasteiger partial charge >= 0.3 is 0 Å². The summed E-state index contributed by atoms with van der Waals surface area (Å²) in [6, 6.07) is 7.13. The predicted octanol–water partition coefficient (Wildman–Crippen LogP) is 8.06. The summed E-state index contributed by atoms with van der Waals surface area (Å²) in [7, 11) is 0. The van der Waals surface area contributed by atoms with Crippen LogP contribution in [0.4, 0.5) is 0 Å². The molecule has 0 aromatic heterocycles. The van der Waals surface area contributed by atoms with Gasteiger partial charge in [-0.25, -0.2) is 0 Å². The van der Waals surface area contributed by atoms with Gasteiger partial charge < -0.3 is 0 Å². The number of hydrogen-bond donors (Lipinski definition) is 0. The quantitative estimate of drug-likeness (QED) is 0.285. The van der Waals surface area contributed by atoms with E-state index in [2.05, 4.69) is 39.0 Å². The zero-order valence-electron chi connectivity index (χ0n) is 16.8. The van der Waals surface area contributed by atoms with Crippen molar-refractivity contribution in [3.05, 3.63) is 34.9 Å². The zero-order chi connectivity index (χ0) is 17.5. The molecular weight excluding hydrogens is 288 g/mol. The Morgan fingerprint density at radius 1 is 0.500 bits per heavy atom. The third kappa shape index (κ3) is 8.90. The van der Waals surface area contributed by atoms with Gasteiger partial charge in [-0.3, -0.25) is 0 Å². The molecule has 0 nitrogen and oxygen atoms in total. The van der Waals surface area contributed by atoms with E-state index in [-0.39, 0.29) is 0 Å². The predicted molar refractivity (Wildman–Crippen MR) is 110 cm³/mol. The first kappa shape index (κ1) is 21.3. The molecular formula is C24H42. The molecule has 0 heterocycles. The molecule has 0 amide bonds. The van der Waals surface area contributed by atoms with Crippen molar-refractivity contribution in [3.8, 4) is 0 Å². The first-order valence-electron chi connectivity index (χ1n) is 10.9. The van der Waals surface area contributed by atoms with Crippen molar-refractivity contribution in [2.24, 2.45) is 0 Å². The van der Waals surface area contributed by atoms with E-state index in [9.17, 15) is 0 Å². The monoisotopic (exact) mass is 330 g/mol. The van der Waals surface area contributed by atoms with Crippen molar-refractivity contribution in [3.63, 3.8) is 0 Å². The molecule has 0 N–H and O–H groups in total. The summed E-state index contributed by atoms with van der Waals surface area (Å²) in [5, 5.41) is 0. The van der Waals surface area contributed by atoms with Gasteiger partial charge in [-0.15, -0.1) is 0 Å². The molecule has 0 bridgehead atoms. The molecule has 0 aliphatic carbocycles. The lowest BCUT2D eigenvalue weighted by molar-refractivity contribution is 0.623. The van der Waals surface area contributed by atoms with Crippen LogP contribution < -0.4 is 0 Å². The summed E-state index contributed by atoms with van der Waals surface area (Å²) in [6.07, 6.45) is 20.4. The second-order valence-corrected chi connectivity index (χ2v) is 7.49. The minimum absolute atomic E-state index is 1.30. The molecule has 0 fully saturated rings. The van der Waals surface area contributed by atoms with E-state index in [0.29, 0.717) is 0 Å². The van der Waals surface area contributed by atoms with E-state index in [4.69, 9.17) is 0 Å². The standard InChI is InChI=1S/C24H42/c1-4-7-10-12-14-17-22-19-16-20-23(24(22)21-9-6-3)18-15-13-11-8-5-2/h16,19-20H,4-15,17-18,21H2,1-3H3. The Balaban J connectivity index is 2.58. The van der Waals surface area contributed by atoms with E-state index in [0.717, 1.165) is 0 Å². The molecule has 0 saturated heterocycles. The summed E-state index contributed by atoms with van der Waals surface area (Å²) in [6.45, 7) is 6.91. The van der Waals surface area contributed by atoms with E-state index >= 15 is 0 Å². The van der Waals surface area contributed by atoms with Crippen LogP contribution in [0.25, 0.3) is 0 Å². The first-order chi connectivity index (χ1) is 11.8. The summed E-state index contributed by atoms with van der Waals surface area (Å²) < 4.78 is 0. The minimum atomic E-state index is 1.30. The third-order valence-electron chi connectivity index (χ3n) is 5.25. The largest absolute Gasteiger partial charge is 0.0654 e. The number of benzene rings is 1. The molecule has 0 saturated carbocycles. The molecule has 24 heavy (non-hydrogen) atoms. The Labute approximate surface area is 152 Å². The molecule has 0 aliphatic rings. The second kappa shape index (κ2) is 14.6. The third-order valence-corrected chi connectivity index (χ3v) is 5.25. The average molecular weight is 331 g/mol. The Kier molecular flexibility index (Phi) is 12.9. The fraction of sp³-hybridized carbons (Fsp3) is 0.750. The lowest BCUT2D eigenvalue weighted by Crippen LogP contribution is -2.01. The van der Waals surface area contributed by atoms with E-state index in [1.54, 1.807) is 16.7 Å². The van der Waals surface area contributed by atoms with Crippen molar-refractivity contribution in [2.75, 3.05) is 0 Å². The van der Waals surface area contributed by atoms with Gasteiger partial charge in [0, 0.05) is 0 Å². The number of aryl methyl sites for hydroxylation is 2. The van der Waals surface area contributed by atoms with E-state index in [1.807, 2.05) is 0 Å². The van der Waals surface area contributed by atoms with Crippen molar-refractivity contribution >= 4 is 0 Å². The lowest BCUT2D eigenvalue weighted by atomic mass is 9.90. The van der Waals surface area contributed by atoms with Gasteiger partial charge in [0.05, 0.1) is 0 Å². The van der Waals surface area contributed by atoms with Crippen LogP contribution in [0.2, 0.25) is 0 Å². The van der Waals surface area contributed by atoms with Crippen LogP contribution in [0, 0.1) is 0 Å². The first-order valence-corrected chi connectivity index (χ1v) is 10.9. The topological polar surface area (TPSA) is 0 Å². The second-order valence-electron chi connectivity index (χ2n) is 7.49. The summed E-state index contributed by atoms with van der Waals surface area (Å²) in [4.78, 5) is 0. The van der Waals surface area contributed by atoms with Crippen LogP contribution in [0.1, 0.15) is 115 Å². The highest BCUT2D eigenvalue weighted by molar-refractivity contribution is 5.36. The molecule has 1 aromatic rings. The molecule has 0 unspecified atom stereocenters. The molecule has 1 rings (SSSR count). The normalized spacial score (nSPS) is 11.1. The van der Waals surface area contributed by atoms with Gasteiger partial charge in [0.2, 0.25) is 0 Å². The lowest BCUT2D eigenvalue weighted by Gasteiger charge is -2.15. The van der Waals surface area contributed by atoms with Crippen molar-refractivity contribution in [1.82, 2.24) is 0 Å². The Hall–Kier alpha value is -0.780. The summed E-state index contributed by atoms with van der Waals surface area (Å²) in [5.74, 6) is 0. The maximum absolute atomic E-state index is 2.41. The smallest absolute Gasteiger partial charge is 0.0274 e. The average Bonchev–Trinajstić information content (AvgIpc) is 2.60. The Morgan fingerprint density at radius 3 is 1.42 bits per heavy atom. The van der Waals surface area contributed by atoms with Gasteiger partial charge in [-0.1, -0.05) is 96.8 Å². The summed E-state index contributed by atoms with van der Waals surface area (Å²) >= 11 is 0. The highest BCUT2D eigenvalue weighted by Crippen LogP contribution is 2.22. The van der Waals surface area contributed by atoms with Crippen LogP contribution in [-0.4, -0.2) is 0 Å². The van der Waals surface area contributed by atoms with E-state index < -0.39 is 0 Å². The van der Waals surface area contributed by atoms with Gasteiger partial charge in [0.1, 0.15) is 0 Å².